The number of carbonyl (C=O) groups is 2. The van der Waals surface area contributed by atoms with Gasteiger partial charge in [-0.2, -0.15) is 0 Å². The van der Waals surface area contributed by atoms with Gasteiger partial charge in [0, 0.05) is 12.1 Å². The number of benzene rings is 1. The molecule has 1 N–H and O–H groups in total. The first-order valence-corrected chi connectivity index (χ1v) is 6.34. The van der Waals surface area contributed by atoms with Crippen LogP contribution in [-0.4, -0.2) is 28.4 Å². The first-order chi connectivity index (χ1) is 9.65. The van der Waals surface area contributed by atoms with Crippen LogP contribution in [-0.2, 0) is 13.0 Å². The van der Waals surface area contributed by atoms with Gasteiger partial charge >= 0.3 is 5.97 Å². The van der Waals surface area contributed by atoms with Gasteiger partial charge in [0.25, 0.3) is 5.91 Å². The van der Waals surface area contributed by atoms with E-state index in [9.17, 15) is 9.59 Å². The predicted molar refractivity (Wildman–Crippen MR) is 70.6 cm³/mol. The molecule has 0 saturated heterocycles. The molecule has 1 aliphatic rings. The lowest BCUT2D eigenvalue weighted by molar-refractivity contribution is 0.0655. The van der Waals surface area contributed by atoms with Crippen molar-refractivity contribution in [3.05, 3.63) is 59.0 Å². The first-order valence-electron chi connectivity index (χ1n) is 6.34. The highest BCUT2D eigenvalue weighted by Gasteiger charge is 2.24. The average molecular weight is 271 g/mol. The van der Waals surface area contributed by atoms with Crippen molar-refractivity contribution in [2.75, 3.05) is 6.54 Å². The van der Waals surface area contributed by atoms with Gasteiger partial charge in [0.2, 0.25) is 5.76 Å². The van der Waals surface area contributed by atoms with Crippen molar-refractivity contribution < 1.29 is 19.1 Å². The molecule has 0 spiro atoms. The molecule has 0 unspecified atom stereocenters. The van der Waals surface area contributed by atoms with Gasteiger partial charge in [0.05, 0.1) is 6.54 Å². The largest absolute Gasteiger partial charge is 0.475 e. The van der Waals surface area contributed by atoms with E-state index >= 15 is 0 Å². The number of hydrogen-bond donors (Lipinski definition) is 1. The van der Waals surface area contributed by atoms with Crippen molar-refractivity contribution >= 4 is 11.9 Å². The van der Waals surface area contributed by atoms with E-state index in [1.165, 1.54) is 6.07 Å². The number of nitrogens with zero attached hydrogens (tertiary/aromatic N) is 1. The summed E-state index contributed by atoms with van der Waals surface area (Å²) in [5.74, 6) is -0.772. The van der Waals surface area contributed by atoms with Crippen LogP contribution in [0.15, 0.2) is 40.8 Å². The molecule has 1 aromatic heterocycles. The summed E-state index contributed by atoms with van der Waals surface area (Å²) in [4.78, 5) is 24.8. The van der Waals surface area contributed by atoms with E-state index in [-0.39, 0.29) is 11.7 Å². The average Bonchev–Trinajstić information content (AvgIpc) is 2.91. The summed E-state index contributed by atoms with van der Waals surface area (Å²) in [6.07, 6.45) is 0.800. The third kappa shape index (κ3) is 2.18. The number of hydrogen-bond acceptors (Lipinski definition) is 3. The second kappa shape index (κ2) is 4.85. The van der Waals surface area contributed by atoms with Gasteiger partial charge in [-0.1, -0.05) is 18.2 Å². The topological polar surface area (TPSA) is 70.8 Å². The first kappa shape index (κ1) is 12.5. The van der Waals surface area contributed by atoms with Crippen LogP contribution in [0.2, 0.25) is 0 Å². The number of amides is 1. The van der Waals surface area contributed by atoms with E-state index in [2.05, 4.69) is 0 Å². The molecular weight excluding hydrogens is 258 g/mol. The van der Waals surface area contributed by atoms with Crippen molar-refractivity contribution in [3.63, 3.8) is 0 Å². The molecule has 0 atom stereocenters. The summed E-state index contributed by atoms with van der Waals surface area (Å²) in [6, 6.07) is 10.5. The molecule has 5 heteroatoms. The fraction of sp³-hybridized carbons (Fsp3) is 0.200. The minimum Gasteiger partial charge on any atom is -0.475 e. The van der Waals surface area contributed by atoms with Gasteiger partial charge in [-0.3, -0.25) is 4.79 Å². The smallest absolute Gasteiger partial charge is 0.371 e. The quantitative estimate of drug-likeness (QED) is 0.928. The van der Waals surface area contributed by atoms with Crippen LogP contribution < -0.4 is 0 Å². The zero-order valence-corrected chi connectivity index (χ0v) is 10.7. The van der Waals surface area contributed by atoms with Crippen LogP contribution in [0, 0.1) is 0 Å². The fourth-order valence-electron chi connectivity index (χ4n) is 2.39. The van der Waals surface area contributed by atoms with Crippen molar-refractivity contribution in [3.8, 4) is 0 Å². The second-order valence-electron chi connectivity index (χ2n) is 4.70. The van der Waals surface area contributed by atoms with E-state index in [1.807, 2.05) is 24.3 Å². The Hall–Kier alpha value is -2.56. The minimum atomic E-state index is -1.11. The van der Waals surface area contributed by atoms with Crippen molar-refractivity contribution in [1.29, 1.82) is 0 Å². The minimum absolute atomic E-state index is 0.0416. The van der Waals surface area contributed by atoms with Crippen LogP contribution in [0.25, 0.3) is 0 Å². The molecule has 0 radical (unpaired) electrons. The number of fused-ring (bicyclic) bond motifs is 1. The molecule has 0 fully saturated rings. The van der Waals surface area contributed by atoms with E-state index < -0.39 is 5.97 Å². The molecule has 0 saturated carbocycles. The Kier molecular flexibility index (Phi) is 3.02. The summed E-state index contributed by atoms with van der Waals surface area (Å²) < 4.78 is 5.19. The molecule has 2 heterocycles. The third-order valence-electron chi connectivity index (χ3n) is 3.41. The third-order valence-corrected chi connectivity index (χ3v) is 3.41. The normalized spacial score (nSPS) is 14.2. The van der Waals surface area contributed by atoms with Crippen LogP contribution >= 0.6 is 0 Å². The lowest BCUT2D eigenvalue weighted by Gasteiger charge is -2.27. The maximum atomic E-state index is 12.3. The Morgan fingerprint density at radius 3 is 2.80 bits per heavy atom. The molecule has 3 rings (SSSR count). The lowest BCUT2D eigenvalue weighted by atomic mass is 9.99. The molecule has 1 aliphatic heterocycles. The Bertz CT molecular complexity index is 674. The molecule has 0 aliphatic carbocycles. The lowest BCUT2D eigenvalue weighted by Crippen LogP contribution is -2.36. The van der Waals surface area contributed by atoms with Crippen molar-refractivity contribution in [2.45, 2.75) is 13.0 Å². The van der Waals surface area contributed by atoms with Crippen LogP contribution in [0.1, 0.15) is 32.2 Å². The maximum Gasteiger partial charge on any atom is 0.371 e. The summed E-state index contributed by atoms with van der Waals surface area (Å²) in [7, 11) is 0. The highest BCUT2D eigenvalue weighted by molar-refractivity contribution is 5.96. The fourth-order valence-corrected chi connectivity index (χ4v) is 2.39. The van der Waals surface area contributed by atoms with Gasteiger partial charge in [-0.15, -0.1) is 0 Å². The molecule has 2 aromatic rings. The highest BCUT2D eigenvalue weighted by atomic mass is 16.4. The summed E-state index contributed by atoms with van der Waals surface area (Å²) >= 11 is 0. The molecule has 20 heavy (non-hydrogen) atoms. The number of carboxylic acid groups (broad SMARTS) is 1. The Labute approximate surface area is 115 Å². The predicted octanol–water partition coefficient (Wildman–Crippen LogP) is 2.18. The van der Waals surface area contributed by atoms with Crippen molar-refractivity contribution in [1.82, 2.24) is 4.90 Å². The number of carboxylic acids is 1. The highest BCUT2D eigenvalue weighted by Crippen LogP contribution is 2.21. The molecule has 1 amide bonds. The monoisotopic (exact) mass is 271 g/mol. The van der Waals surface area contributed by atoms with Gasteiger partial charge in [0.15, 0.2) is 0 Å². The zero-order chi connectivity index (χ0) is 14.1. The number of aromatic carboxylic acids is 1. The number of furan rings is 1. The van der Waals surface area contributed by atoms with Gasteiger partial charge in [-0.05, 0) is 30.2 Å². The Balaban J connectivity index is 1.79. The molecule has 5 nitrogen and oxygen atoms in total. The Morgan fingerprint density at radius 2 is 2.05 bits per heavy atom. The van der Waals surface area contributed by atoms with Crippen molar-refractivity contribution in [2.24, 2.45) is 0 Å². The van der Waals surface area contributed by atoms with Crippen LogP contribution in [0.5, 0.6) is 0 Å². The summed E-state index contributed by atoms with van der Waals surface area (Å²) in [5, 5.41) is 8.81. The number of carbonyl (C=O) groups excluding carboxylic acids is 1. The van der Waals surface area contributed by atoms with Crippen LogP contribution in [0.3, 0.4) is 0 Å². The van der Waals surface area contributed by atoms with Crippen LogP contribution in [0.4, 0.5) is 0 Å². The zero-order valence-electron chi connectivity index (χ0n) is 10.7. The summed E-state index contributed by atoms with van der Waals surface area (Å²) in [5.41, 5.74) is 1.77. The van der Waals surface area contributed by atoms with E-state index in [0.717, 1.165) is 12.0 Å². The summed E-state index contributed by atoms with van der Waals surface area (Å²) in [6.45, 7) is 0.902. The molecular formula is C15H13NO4. The van der Waals surface area contributed by atoms with E-state index in [4.69, 9.17) is 9.52 Å². The molecule has 1 aromatic carbocycles. The number of rotatable bonds is 3. The SMILES string of the molecule is O=C(O)c1ccc(CN2CCc3ccccc3C2=O)o1. The molecule has 0 bridgehead atoms. The maximum absolute atomic E-state index is 12.3. The standard InChI is InChI=1S/C15H13NO4/c17-14-12-4-2-1-3-10(12)7-8-16(14)9-11-5-6-13(20-11)15(18)19/h1-6H,7-9H2,(H,18,19). The van der Waals surface area contributed by atoms with Gasteiger partial charge in [-0.25, -0.2) is 4.79 Å². The second-order valence-corrected chi connectivity index (χ2v) is 4.70. The van der Waals surface area contributed by atoms with Gasteiger partial charge in [0.1, 0.15) is 5.76 Å². The van der Waals surface area contributed by atoms with Gasteiger partial charge < -0.3 is 14.4 Å². The van der Waals surface area contributed by atoms with E-state index in [0.29, 0.717) is 24.4 Å². The Morgan fingerprint density at radius 1 is 1.25 bits per heavy atom. The molecule has 102 valence electrons. The van der Waals surface area contributed by atoms with E-state index in [1.54, 1.807) is 11.0 Å².